The summed E-state index contributed by atoms with van der Waals surface area (Å²) >= 11 is 5.00. The molecule has 0 aromatic rings. The topological polar surface area (TPSA) is 19.9 Å². The minimum absolute atomic E-state index is 0.0104. The van der Waals surface area contributed by atoms with Gasteiger partial charge in [-0.3, -0.25) is 0 Å². The zero-order valence-electron chi connectivity index (χ0n) is 3.15. The van der Waals surface area contributed by atoms with Crippen LogP contribution >= 0.6 is 11.6 Å². The molecule has 0 spiro atoms. The van der Waals surface area contributed by atoms with Gasteiger partial charge in [-0.15, -0.1) is 18.0 Å². The molecule has 0 saturated carbocycles. The molecule has 1 unspecified atom stereocenters. The summed E-state index contributed by atoms with van der Waals surface area (Å²) in [5.74, 6) is 1.94. The fourth-order valence-corrected chi connectivity index (χ4v) is 0.134. The minimum Gasteiger partial charge on any atom is -0.218 e. The highest BCUT2D eigenvalue weighted by atomic mass is 35.5. The second kappa shape index (κ2) is 3.02. The fraction of sp³-hybridized carbons (Fsp3) is 0.500. The monoisotopic (exact) mass is 103 g/mol. The number of alkyl halides is 1. The van der Waals surface area contributed by atoms with Crippen LogP contribution in [0.1, 0.15) is 0 Å². The van der Waals surface area contributed by atoms with Gasteiger partial charge in [0.05, 0.1) is 5.88 Å². The average Bonchev–Trinajstić information content (AvgIpc) is 1.65. The van der Waals surface area contributed by atoms with Gasteiger partial charge in [0, 0.05) is 0 Å². The largest absolute Gasteiger partial charge is 0.218 e. The molecule has 6 heavy (non-hydrogen) atoms. The molecule has 33 valence electrons. The smallest absolute Gasteiger partial charge is 0.166 e. The van der Waals surface area contributed by atoms with Crippen LogP contribution in [0, 0.1) is 12.3 Å². The summed E-state index contributed by atoms with van der Waals surface area (Å²) in [6, 6.07) is 0. The molecule has 2 heteroatoms. The average molecular weight is 104 g/mol. The number of rotatable bonds is 1. The van der Waals surface area contributed by atoms with Crippen molar-refractivity contribution in [3.8, 4) is 12.3 Å². The SMILES string of the molecule is C#CC([O])CCl. The van der Waals surface area contributed by atoms with E-state index in [4.69, 9.17) is 11.6 Å². The van der Waals surface area contributed by atoms with Gasteiger partial charge in [0.15, 0.2) is 6.10 Å². The van der Waals surface area contributed by atoms with E-state index in [0.29, 0.717) is 0 Å². The van der Waals surface area contributed by atoms with Crippen molar-refractivity contribution >= 4 is 11.6 Å². The van der Waals surface area contributed by atoms with E-state index in [9.17, 15) is 5.11 Å². The van der Waals surface area contributed by atoms with E-state index in [0.717, 1.165) is 0 Å². The van der Waals surface area contributed by atoms with Gasteiger partial charge < -0.3 is 0 Å². The third-order valence-corrected chi connectivity index (χ3v) is 0.606. The Morgan fingerprint density at radius 1 is 2.00 bits per heavy atom. The highest BCUT2D eigenvalue weighted by Gasteiger charge is 1.92. The second-order valence-corrected chi connectivity index (χ2v) is 1.12. The lowest BCUT2D eigenvalue weighted by Crippen LogP contribution is -1.99. The van der Waals surface area contributed by atoms with E-state index >= 15 is 0 Å². The van der Waals surface area contributed by atoms with Crippen molar-refractivity contribution in [2.45, 2.75) is 6.10 Å². The molecule has 0 bridgehead atoms. The van der Waals surface area contributed by atoms with Crippen LogP contribution in [-0.4, -0.2) is 12.0 Å². The third kappa shape index (κ3) is 2.07. The normalized spacial score (nSPS) is 12.8. The molecule has 0 aliphatic rings. The molecule has 0 N–H and O–H groups in total. The predicted octanol–water partition coefficient (Wildman–Crippen LogP) is 0.657. The number of hydrogen-bond acceptors (Lipinski definition) is 0. The Labute approximate surface area is 41.9 Å². The molecule has 0 aromatic carbocycles. The lowest BCUT2D eigenvalue weighted by atomic mass is 10.4. The van der Waals surface area contributed by atoms with Crippen LogP contribution in [0.5, 0.6) is 0 Å². The molecule has 0 amide bonds. The molecule has 1 atom stereocenters. The van der Waals surface area contributed by atoms with Gasteiger partial charge in [0.2, 0.25) is 0 Å². The Balaban J connectivity index is 3.04. The molecule has 0 aliphatic heterocycles. The van der Waals surface area contributed by atoms with Crippen LogP contribution in [0.4, 0.5) is 0 Å². The van der Waals surface area contributed by atoms with Crippen LogP contribution < -0.4 is 0 Å². The van der Waals surface area contributed by atoms with Gasteiger partial charge in [-0.2, -0.15) is 0 Å². The lowest BCUT2D eigenvalue weighted by Gasteiger charge is -1.84. The van der Waals surface area contributed by atoms with Crippen molar-refractivity contribution in [1.29, 1.82) is 0 Å². The third-order valence-electron chi connectivity index (χ3n) is 0.326. The first-order chi connectivity index (χ1) is 2.81. The maximum absolute atomic E-state index is 9.90. The Hall–Kier alpha value is -0.190. The van der Waals surface area contributed by atoms with Crippen molar-refractivity contribution in [3.05, 3.63) is 0 Å². The molecule has 0 rings (SSSR count). The van der Waals surface area contributed by atoms with E-state index in [2.05, 4.69) is 6.42 Å². The van der Waals surface area contributed by atoms with Crippen molar-refractivity contribution in [2.24, 2.45) is 0 Å². The first-order valence-electron chi connectivity index (χ1n) is 1.49. The van der Waals surface area contributed by atoms with Crippen molar-refractivity contribution in [2.75, 3.05) is 5.88 Å². The lowest BCUT2D eigenvalue weighted by molar-refractivity contribution is 0.157. The first kappa shape index (κ1) is 5.81. The highest BCUT2D eigenvalue weighted by molar-refractivity contribution is 6.18. The van der Waals surface area contributed by atoms with E-state index < -0.39 is 6.10 Å². The zero-order valence-corrected chi connectivity index (χ0v) is 3.90. The first-order valence-corrected chi connectivity index (χ1v) is 2.02. The Kier molecular flexibility index (Phi) is 2.92. The van der Waals surface area contributed by atoms with E-state index in [1.54, 1.807) is 0 Å². The molecule has 0 fully saturated rings. The van der Waals surface area contributed by atoms with Gasteiger partial charge in [0.1, 0.15) is 0 Å². The zero-order chi connectivity index (χ0) is 4.99. The van der Waals surface area contributed by atoms with Crippen LogP contribution in [0.2, 0.25) is 0 Å². The van der Waals surface area contributed by atoms with E-state index in [1.807, 2.05) is 5.92 Å². The summed E-state index contributed by atoms with van der Waals surface area (Å²) in [6.45, 7) is 0. The van der Waals surface area contributed by atoms with E-state index in [-0.39, 0.29) is 5.88 Å². The fourth-order valence-electron chi connectivity index (χ4n) is 0.0445. The molecule has 0 aromatic heterocycles. The second-order valence-electron chi connectivity index (χ2n) is 0.810. The highest BCUT2D eigenvalue weighted by Crippen LogP contribution is 1.82. The molecule has 0 heterocycles. The molecular weight excluding hydrogens is 99.5 g/mol. The summed E-state index contributed by atoms with van der Waals surface area (Å²) in [5.41, 5.74) is 0. The minimum atomic E-state index is -1.02. The van der Waals surface area contributed by atoms with Crippen LogP contribution in [0.15, 0.2) is 0 Å². The standard InChI is InChI=1S/C4H4ClO/c1-2-4(6)3-5/h1,4H,3H2. The quantitative estimate of drug-likeness (QED) is 0.343. The summed E-state index contributed by atoms with van der Waals surface area (Å²) in [5, 5.41) is 9.90. The van der Waals surface area contributed by atoms with Crippen LogP contribution in [-0.2, 0) is 5.11 Å². The summed E-state index contributed by atoms with van der Waals surface area (Å²) in [6.07, 6.45) is 3.61. The molecule has 1 nitrogen and oxygen atoms in total. The number of terminal acetylenes is 1. The summed E-state index contributed by atoms with van der Waals surface area (Å²) in [7, 11) is 0. The molecule has 0 saturated heterocycles. The maximum Gasteiger partial charge on any atom is 0.166 e. The van der Waals surface area contributed by atoms with Crippen LogP contribution in [0.3, 0.4) is 0 Å². The molecule has 1 radical (unpaired) electrons. The van der Waals surface area contributed by atoms with Gasteiger partial charge in [-0.05, 0) is 0 Å². The van der Waals surface area contributed by atoms with Gasteiger partial charge >= 0.3 is 0 Å². The molecular formula is C4H4ClO. The predicted molar refractivity (Wildman–Crippen MR) is 24.0 cm³/mol. The Bertz CT molecular complexity index is 64.4. The van der Waals surface area contributed by atoms with E-state index in [1.165, 1.54) is 0 Å². The van der Waals surface area contributed by atoms with Gasteiger partial charge in [0.25, 0.3) is 0 Å². The number of hydrogen-bond donors (Lipinski definition) is 0. The van der Waals surface area contributed by atoms with Gasteiger partial charge in [-0.25, -0.2) is 5.11 Å². The van der Waals surface area contributed by atoms with Crippen molar-refractivity contribution in [1.82, 2.24) is 0 Å². The number of halogens is 1. The maximum atomic E-state index is 9.90. The van der Waals surface area contributed by atoms with Crippen LogP contribution in [0.25, 0.3) is 0 Å². The van der Waals surface area contributed by atoms with Crippen molar-refractivity contribution < 1.29 is 5.11 Å². The Morgan fingerprint density at radius 2 is 2.50 bits per heavy atom. The molecule has 0 aliphatic carbocycles. The van der Waals surface area contributed by atoms with Gasteiger partial charge in [-0.1, -0.05) is 5.92 Å². The Morgan fingerprint density at radius 3 is 2.50 bits per heavy atom. The summed E-state index contributed by atoms with van der Waals surface area (Å²) < 4.78 is 0. The van der Waals surface area contributed by atoms with Crippen molar-refractivity contribution in [3.63, 3.8) is 0 Å². The summed E-state index contributed by atoms with van der Waals surface area (Å²) in [4.78, 5) is 0.